The first kappa shape index (κ1) is 34.1. The normalized spacial score (nSPS) is 20.8. The van der Waals surface area contributed by atoms with Gasteiger partial charge >= 0.3 is 24.1 Å². The molecule has 0 aromatic heterocycles. The van der Waals surface area contributed by atoms with E-state index in [1.807, 2.05) is 36.4 Å². The lowest BCUT2D eigenvalue weighted by atomic mass is 9.80. The molecule has 248 valence electrons. The van der Waals surface area contributed by atoms with Crippen molar-refractivity contribution in [3.63, 3.8) is 0 Å². The Bertz CT molecular complexity index is 1290. The third-order valence-electron chi connectivity index (χ3n) is 8.06. The number of benzene rings is 2. The fourth-order valence-electron chi connectivity index (χ4n) is 6.02. The number of nitrogens with one attached hydrogen (secondary N) is 2. The lowest BCUT2D eigenvalue weighted by Gasteiger charge is -2.30. The minimum Gasteiger partial charge on any atom is -0.490 e. The van der Waals surface area contributed by atoms with Crippen molar-refractivity contribution in [3.8, 4) is 11.5 Å². The van der Waals surface area contributed by atoms with Crippen LogP contribution in [0.5, 0.6) is 11.5 Å². The van der Waals surface area contributed by atoms with Crippen molar-refractivity contribution < 1.29 is 47.6 Å². The number of ether oxygens (including phenoxy) is 6. The Balaban J connectivity index is 1.21. The van der Waals surface area contributed by atoms with Gasteiger partial charge in [0.15, 0.2) is 12.2 Å². The molecule has 0 heterocycles. The van der Waals surface area contributed by atoms with Gasteiger partial charge in [0.1, 0.15) is 37.9 Å². The van der Waals surface area contributed by atoms with Crippen molar-refractivity contribution in [2.75, 3.05) is 39.5 Å². The zero-order chi connectivity index (χ0) is 32.7. The second-order valence-corrected chi connectivity index (χ2v) is 11.5. The van der Waals surface area contributed by atoms with Gasteiger partial charge in [0.25, 0.3) is 0 Å². The summed E-state index contributed by atoms with van der Waals surface area (Å²) in [4.78, 5) is 48.3. The average Bonchev–Trinajstić information content (AvgIpc) is 3.67. The molecule has 2 aromatic carbocycles. The fraction of sp³-hybridized carbons (Fsp3) is 0.471. The molecule has 2 amide bonds. The third-order valence-corrected chi connectivity index (χ3v) is 8.06. The molecule has 0 spiro atoms. The summed E-state index contributed by atoms with van der Waals surface area (Å²) in [5, 5.41) is 5.72. The smallest absolute Gasteiger partial charge is 0.407 e. The number of carbonyl (C=O) groups is 4. The van der Waals surface area contributed by atoms with Crippen LogP contribution in [0, 0.1) is 23.7 Å². The molecule has 6 unspecified atom stereocenters. The average molecular weight is 639 g/mol. The van der Waals surface area contributed by atoms with Crippen molar-refractivity contribution in [1.82, 2.24) is 10.6 Å². The molecule has 6 atom stereocenters. The summed E-state index contributed by atoms with van der Waals surface area (Å²) in [7, 11) is 0. The molecule has 2 aliphatic rings. The van der Waals surface area contributed by atoms with Gasteiger partial charge < -0.3 is 39.1 Å². The first-order chi connectivity index (χ1) is 22.3. The summed E-state index contributed by atoms with van der Waals surface area (Å²) in [5.74, 6) is 1.38. The van der Waals surface area contributed by atoms with E-state index in [9.17, 15) is 19.2 Å². The lowest BCUT2D eigenvalue weighted by molar-refractivity contribution is -0.144. The highest BCUT2D eigenvalue weighted by Crippen LogP contribution is 2.51. The van der Waals surface area contributed by atoms with Crippen LogP contribution in [0.4, 0.5) is 9.59 Å². The van der Waals surface area contributed by atoms with Crippen molar-refractivity contribution >= 4 is 24.1 Å². The molecular weight excluding hydrogens is 596 g/mol. The van der Waals surface area contributed by atoms with Crippen LogP contribution < -0.4 is 20.1 Å². The maximum atomic E-state index is 12.7. The minimum atomic E-state index is -0.824. The summed E-state index contributed by atoms with van der Waals surface area (Å²) in [6.45, 7) is 5.24. The zero-order valence-corrected chi connectivity index (χ0v) is 26.0. The number of carbonyl (C=O) groups excluding carboxylic acids is 4. The second-order valence-electron chi connectivity index (χ2n) is 11.5. The van der Waals surface area contributed by atoms with Gasteiger partial charge in [0.2, 0.25) is 0 Å². The van der Waals surface area contributed by atoms with Gasteiger partial charge in [-0.15, -0.1) is 0 Å². The summed E-state index contributed by atoms with van der Waals surface area (Å²) >= 11 is 0. The predicted octanol–water partition coefficient (Wildman–Crippen LogP) is 4.29. The highest BCUT2D eigenvalue weighted by Gasteiger charge is 2.46. The van der Waals surface area contributed by atoms with Crippen molar-refractivity contribution in [3.05, 3.63) is 73.3 Å². The number of esters is 2. The van der Waals surface area contributed by atoms with Gasteiger partial charge in [-0.05, 0) is 67.2 Å². The SMILES string of the molecule is C=CC(=O)OCC(COc1ccccc1)OC(=O)NCC1CC2CC(CNC(=O)OC(COC(C)=O)COc3ccccc3)C1C2. The minimum absolute atomic E-state index is 0.0000581. The Morgan fingerprint density at radius 1 is 0.739 bits per heavy atom. The van der Waals surface area contributed by atoms with Gasteiger partial charge in [-0.2, -0.15) is 0 Å². The molecule has 0 radical (unpaired) electrons. The fourth-order valence-corrected chi connectivity index (χ4v) is 6.02. The maximum absolute atomic E-state index is 12.7. The van der Waals surface area contributed by atoms with E-state index in [1.165, 1.54) is 6.92 Å². The molecule has 2 bridgehead atoms. The van der Waals surface area contributed by atoms with E-state index in [1.54, 1.807) is 24.3 Å². The molecule has 12 nitrogen and oxygen atoms in total. The number of rotatable bonds is 17. The van der Waals surface area contributed by atoms with Crippen LogP contribution in [-0.4, -0.2) is 75.9 Å². The lowest BCUT2D eigenvalue weighted by Crippen LogP contribution is -2.41. The quantitative estimate of drug-likeness (QED) is 0.146. The number of amides is 2. The largest absolute Gasteiger partial charge is 0.490 e. The zero-order valence-electron chi connectivity index (χ0n) is 26.0. The molecule has 12 heteroatoms. The van der Waals surface area contributed by atoms with Gasteiger partial charge in [0, 0.05) is 26.1 Å². The topological polar surface area (TPSA) is 148 Å². The Labute approximate surface area is 268 Å². The monoisotopic (exact) mass is 638 g/mol. The number of fused-ring (bicyclic) bond motifs is 2. The molecule has 2 N–H and O–H groups in total. The van der Waals surface area contributed by atoms with Crippen LogP contribution in [0.1, 0.15) is 26.2 Å². The third kappa shape index (κ3) is 11.3. The van der Waals surface area contributed by atoms with Gasteiger partial charge in [-0.3, -0.25) is 4.79 Å². The number of alkyl carbamates (subject to hydrolysis) is 2. The summed E-state index contributed by atoms with van der Waals surface area (Å²) in [6.07, 6.45) is 1.16. The molecular formula is C34H42N2O10. The van der Waals surface area contributed by atoms with Crippen LogP contribution in [-0.2, 0) is 28.5 Å². The Hall–Kier alpha value is -4.74. The van der Waals surface area contributed by atoms with Gasteiger partial charge in [-0.25, -0.2) is 14.4 Å². The number of hydrogen-bond acceptors (Lipinski definition) is 10. The molecule has 4 rings (SSSR count). The number of hydrogen-bond donors (Lipinski definition) is 2. The van der Waals surface area contributed by atoms with E-state index in [0.29, 0.717) is 36.4 Å². The standard InChI is InChI=1S/C34H42N2O10/c1-3-32(38)44-22-30(21-43-28-12-8-5-9-13-28)46-34(40)36-18-26-15-24-14-25(31(26)16-24)17-35-33(39)45-29(19-41-23(2)37)20-42-27-10-6-4-7-11-27/h3-13,24-26,29-31H,1,14-22H2,2H3,(H,35,39)(H,36,40). The summed E-state index contributed by atoms with van der Waals surface area (Å²) in [6, 6.07) is 18.1. The van der Waals surface area contributed by atoms with E-state index < -0.39 is 36.3 Å². The van der Waals surface area contributed by atoms with Crippen molar-refractivity contribution in [1.29, 1.82) is 0 Å². The highest BCUT2D eigenvalue weighted by molar-refractivity contribution is 5.81. The number of para-hydroxylation sites is 2. The molecule has 0 saturated heterocycles. The van der Waals surface area contributed by atoms with E-state index in [4.69, 9.17) is 28.4 Å². The highest BCUT2D eigenvalue weighted by atomic mass is 16.6. The van der Waals surface area contributed by atoms with Crippen molar-refractivity contribution in [2.45, 2.75) is 38.4 Å². The predicted molar refractivity (Wildman–Crippen MR) is 166 cm³/mol. The first-order valence-corrected chi connectivity index (χ1v) is 15.5. The molecule has 2 aliphatic carbocycles. The molecule has 2 fully saturated rings. The van der Waals surface area contributed by atoms with Crippen LogP contribution in [0.2, 0.25) is 0 Å². The van der Waals surface area contributed by atoms with Crippen LogP contribution in [0.15, 0.2) is 73.3 Å². The van der Waals surface area contributed by atoms with E-state index in [-0.39, 0.29) is 38.3 Å². The Morgan fingerprint density at radius 2 is 1.22 bits per heavy atom. The van der Waals surface area contributed by atoms with E-state index in [2.05, 4.69) is 17.2 Å². The van der Waals surface area contributed by atoms with Crippen LogP contribution in [0.3, 0.4) is 0 Å². The van der Waals surface area contributed by atoms with Gasteiger partial charge in [-0.1, -0.05) is 43.0 Å². The van der Waals surface area contributed by atoms with Crippen LogP contribution >= 0.6 is 0 Å². The van der Waals surface area contributed by atoms with E-state index in [0.717, 1.165) is 25.3 Å². The maximum Gasteiger partial charge on any atom is 0.407 e. The summed E-state index contributed by atoms with van der Waals surface area (Å²) in [5.41, 5.74) is 0. The molecule has 46 heavy (non-hydrogen) atoms. The van der Waals surface area contributed by atoms with Crippen molar-refractivity contribution in [2.24, 2.45) is 23.7 Å². The van der Waals surface area contributed by atoms with E-state index >= 15 is 0 Å². The second kappa shape index (κ2) is 17.7. The molecule has 0 aliphatic heterocycles. The molecule has 2 saturated carbocycles. The Morgan fingerprint density at radius 3 is 1.65 bits per heavy atom. The first-order valence-electron chi connectivity index (χ1n) is 15.5. The Kier molecular flexibility index (Phi) is 13.1. The van der Waals surface area contributed by atoms with Gasteiger partial charge in [0.05, 0.1) is 0 Å². The van der Waals surface area contributed by atoms with Crippen LogP contribution in [0.25, 0.3) is 0 Å². The summed E-state index contributed by atoms with van der Waals surface area (Å²) < 4.78 is 32.6. The molecule has 2 aromatic rings.